The molecule has 4 aromatic heterocycles. The van der Waals surface area contributed by atoms with Crippen LogP contribution in [-0.2, 0) is 0 Å². The van der Waals surface area contributed by atoms with Gasteiger partial charge in [0.2, 0.25) is 0 Å². The van der Waals surface area contributed by atoms with Crippen LogP contribution in [-0.4, -0.2) is 50.5 Å². The van der Waals surface area contributed by atoms with Crippen molar-refractivity contribution in [1.29, 1.82) is 0 Å². The van der Waals surface area contributed by atoms with Gasteiger partial charge in [-0.3, -0.25) is 8.63 Å². The number of allylic oxidation sites excluding steroid dienone is 1. The first kappa shape index (κ1) is 60.0. The summed E-state index contributed by atoms with van der Waals surface area (Å²) in [6.07, 6.45) is 10.6. The first-order chi connectivity index (χ1) is 46.0. The van der Waals surface area contributed by atoms with Gasteiger partial charge in [0, 0.05) is 66.7 Å². The highest BCUT2D eigenvalue weighted by molar-refractivity contribution is 6.43. The van der Waals surface area contributed by atoms with Gasteiger partial charge in [-0.2, -0.15) is 0 Å². The number of amidine groups is 1. The van der Waals surface area contributed by atoms with E-state index in [1.807, 2.05) is 103 Å². The summed E-state index contributed by atoms with van der Waals surface area (Å²) >= 11 is 0. The number of nitrogens with one attached hydrogen (secondary N) is 2. The van der Waals surface area contributed by atoms with E-state index in [1.165, 1.54) is 11.1 Å². The SMILES string of the molecule is CC(C)c1ccc(-c2c3nc(c(-c4ccccc4)c4ccc([nH]4)c(-c4ccccc4)c4nc(c(-c5ccccc5)c5ccc2[nH]5)C=C4)C=C3)cc1.COc1ccc(-c2cc(-c3ccccc3)n(B(F)F)c2N=C2N=C(c3ccccc3)C=C2c2ccc(C(C)C)cc2)cc1. The highest BCUT2D eigenvalue weighted by Crippen LogP contribution is 2.43. The van der Waals surface area contributed by atoms with Crippen LogP contribution in [0.1, 0.15) is 84.6 Å². The van der Waals surface area contributed by atoms with Crippen molar-refractivity contribution in [2.45, 2.75) is 39.5 Å². The lowest BCUT2D eigenvalue weighted by atomic mass is 9.98. The number of nitrogens with zero attached hydrogens (tertiary/aromatic N) is 5. The Morgan fingerprint density at radius 1 is 0.415 bits per heavy atom. The van der Waals surface area contributed by atoms with Crippen LogP contribution < -0.4 is 4.74 Å². The molecule has 3 aliphatic rings. The molecule has 11 heteroatoms. The smallest absolute Gasteiger partial charge is 0.497 e. The third kappa shape index (κ3) is 12.1. The molecule has 0 atom stereocenters. The number of fused-ring (bicyclic) bond motifs is 8. The molecule has 0 aliphatic carbocycles. The number of aliphatic imine (C=N–C) groups is 2. The third-order valence-corrected chi connectivity index (χ3v) is 17.4. The van der Waals surface area contributed by atoms with Crippen LogP contribution in [0.4, 0.5) is 14.4 Å². The van der Waals surface area contributed by atoms with Crippen LogP contribution in [0.25, 0.3) is 119 Å². The summed E-state index contributed by atoms with van der Waals surface area (Å²) in [4.78, 5) is 28.3. The van der Waals surface area contributed by atoms with Crippen LogP contribution in [0.3, 0.4) is 0 Å². The lowest BCUT2D eigenvalue weighted by Gasteiger charge is -2.11. The van der Waals surface area contributed by atoms with Crippen LogP contribution in [0.15, 0.2) is 271 Å². The van der Waals surface area contributed by atoms with E-state index in [4.69, 9.17) is 24.7 Å². The fourth-order valence-electron chi connectivity index (χ4n) is 12.5. The van der Waals surface area contributed by atoms with E-state index >= 15 is 8.63 Å². The molecule has 15 rings (SSSR count). The van der Waals surface area contributed by atoms with Gasteiger partial charge >= 0.3 is 7.40 Å². The number of aromatic amines is 2. The normalized spacial score (nSPS) is 12.9. The van der Waals surface area contributed by atoms with E-state index in [0.717, 1.165) is 122 Å². The predicted octanol–water partition coefficient (Wildman–Crippen LogP) is 21.8. The topological polar surface area (TPSA) is 96.2 Å². The fourth-order valence-corrected chi connectivity index (χ4v) is 12.5. The number of H-pyrrole nitrogens is 2. The number of methoxy groups -OCH3 is 1. The van der Waals surface area contributed by atoms with Crippen molar-refractivity contribution < 1.29 is 13.4 Å². The quantitative estimate of drug-likeness (QED) is 0.113. The van der Waals surface area contributed by atoms with Crippen LogP contribution in [0.2, 0.25) is 0 Å². The van der Waals surface area contributed by atoms with Gasteiger partial charge in [0.25, 0.3) is 0 Å². The van der Waals surface area contributed by atoms with Crippen LogP contribution >= 0.6 is 0 Å². The maximum Gasteiger partial charge on any atom is 0.679 e. The molecule has 0 unspecified atom stereocenters. The minimum atomic E-state index is -2.83. The monoisotopic (exact) mass is 1230 g/mol. The molecule has 2 N–H and O–H groups in total. The average Bonchev–Trinajstić information content (AvgIpc) is 1.62. The Kier molecular flexibility index (Phi) is 16.8. The molecule has 0 spiro atoms. The molecule has 8 aromatic carbocycles. The molecule has 0 radical (unpaired) electrons. The van der Waals surface area contributed by atoms with Gasteiger partial charge in [0.15, 0.2) is 5.84 Å². The van der Waals surface area contributed by atoms with Gasteiger partial charge < -0.3 is 19.2 Å². The van der Waals surface area contributed by atoms with Gasteiger partial charge in [-0.25, -0.2) is 20.0 Å². The van der Waals surface area contributed by atoms with E-state index < -0.39 is 7.40 Å². The molecule has 8 bridgehead atoms. The standard InChI is InChI=1S/C47H36N4.C36H30BF2N3O/c1-30(2)31-18-20-35(21-19-31)47-42-28-26-40(50-42)45(33-14-8-4-9-15-33)38-24-22-36(48-38)44(32-12-6-3-7-13-32)37-23-25-39(49-37)46(34-16-10-5-11-17-34)41-27-29-43(47)51-41;1-24(2)25-14-16-26(17-15-25)31-22-33(28-10-6-4-7-11-28)40-35(31)41-36-32(27-18-20-30(43-3)21-19-27)23-34(42(36)37(38)39)29-12-8-5-9-13-29/h3-30,48,51H,1-2H3;4-24H,1-3H3. The summed E-state index contributed by atoms with van der Waals surface area (Å²) < 4.78 is 36.3. The molecular weight excluding hydrogens is 1160 g/mol. The number of halogens is 2. The zero-order valence-electron chi connectivity index (χ0n) is 52.8. The second-order valence-corrected chi connectivity index (χ2v) is 24.0. The predicted molar refractivity (Wildman–Crippen MR) is 388 cm³/mol. The van der Waals surface area contributed by atoms with Gasteiger partial charge in [-0.1, -0.05) is 240 Å². The number of ether oxygens (including phenoxy) is 1. The molecule has 456 valence electrons. The van der Waals surface area contributed by atoms with E-state index in [9.17, 15) is 0 Å². The lowest BCUT2D eigenvalue weighted by molar-refractivity contribution is 0.415. The first-order valence-corrected chi connectivity index (χ1v) is 31.7. The number of rotatable bonds is 13. The van der Waals surface area contributed by atoms with Gasteiger partial charge in [-0.15, -0.1) is 0 Å². The molecule has 0 fully saturated rings. The van der Waals surface area contributed by atoms with Crippen molar-refractivity contribution in [3.05, 3.63) is 306 Å². The Hall–Kier alpha value is -11.6. The Morgan fingerprint density at radius 2 is 0.777 bits per heavy atom. The molecule has 94 heavy (non-hydrogen) atoms. The second-order valence-electron chi connectivity index (χ2n) is 24.0. The van der Waals surface area contributed by atoms with E-state index in [0.29, 0.717) is 40.2 Å². The average molecular weight is 1230 g/mol. The molecule has 7 heterocycles. The molecule has 12 aromatic rings. The van der Waals surface area contributed by atoms with Crippen molar-refractivity contribution >= 4 is 76.7 Å². The number of aromatic nitrogens is 5. The summed E-state index contributed by atoms with van der Waals surface area (Å²) in [6.45, 7) is 8.76. The third-order valence-electron chi connectivity index (χ3n) is 17.4. The van der Waals surface area contributed by atoms with Crippen molar-refractivity contribution in [2.75, 3.05) is 7.11 Å². The van der Waals surface area contributed by atoms with Gasteiger partial charge in [0.1, 0.15) is 11.6 Å². The summed E-state index contributed by atoms with van der Waals surface area (Å²) in [6, 6.07) is 85.6. The second kappa shape index (κ2) is 26.3. The van der Waals surface area contributed by atoms with E-state index in [1.54, 1.807) is 13.2 Å². The fraction of sp³-hybridized carbons (Fsp3) is 0.0843. The minimum Gasteiger partial charge on any atom is -0.497 e. The molecule has 8 nitrogen and oxygen atoms in total. The summed E-state index contributed by atoms with van der Waals surface area (Å²) in [5, 5.41) is 0. The molecular formula is C83H66BF2N7O. The maximum atomic E-state index is 15.0. The highest BCUT2D eigenvalue weighted by atomic mass is 19.2. The number of hydrogen-bond donors (Lipinski definition) is 2. The van der Waals surface area contributed by atoms with E-state index in [2.05, 4.69) is 214 Å². The van der Waals surface area contributed by atoms with Crippen molar-refractivity contribution in [2.24, 2.45) is 9.98 Å². The van der Waals surface area contributed by atoms with Crippen LogP contribution in [0.5, 0.6) is 5.75 Å². The zero-order valence-corrected chi connectivity index (χ0v) is 52.8. The molecule has 0 saturated heterocycles. The summed E-state index contributed by atoms with van der Waals surface area (Å²) in [5.74, 6) is 2.02. The van der Waals surface area contributed by atoms with Crippen molar-refractivity contribution in [3.63, 3.8) is 0 Å². The Bertz CT molecular complexity index is 5050. The zero-order chi connectivity index (χ0) is 64.2. The molecule has 0 saturated carbocycles. The van der Waals surface area contributed by atoms with E-state index in [-0.39, 0.29) is 5.82 Å². The van der Waals surface area contributed by atoms with Crippen LogP contribution in [0, 0.1) is 0 Å². The Labute approximate surface area is 546 Å². The maximum absolute atomic E-state index is 15.0. The molecule has 3 aliphatic heterocycles. The first-order valence-electron chi connectivity index (χ1n) is 31.7. The lowest BCUT2D eigenvalue weighted by Crippen LogP contribution is -2.14. The largest absolute Gasteiger partial charge is 0.679 e. The summed E-state index contributed by atoms with van der Waals surface area (Å²) in [7, 11) is -1.24. The Morgan fingerprint density at radius 3 is 1.16 bits per heavy atom. The van der Waals surface area contributed by atoms with Crippen molar-refractivity contribution in [1.82, 2.24) is 24.4 Å². The molecule has 0 amide bonds. The minimum absolute atomic E-state index is 0.136. The van der Waals surface area contributed by atoms with Gasteiger partial charge in [0.05, 0.1) is 35.6 Å². The number of benzene rings is 8. The highest BCUT2D eigenvalue weighted by Gasteiger charge is 2.30. The van der Waals surface area contributed by atoms with Gasteiger partial charge in [-0.05, 0) is 135 Å². The summed E-state index contributed by atoms with van der Waals surface area (Å²) in [5.41, 5.74) is 24.4. The number of hydrogen-bond acceptors (Lipinski definition) is 4. The Balaban J connectivity index is 0.000000165. The van der Waals surface area contributed by atoms with Crippen molar-refractivity contribution in [3.8, 4) is 72.6 Å².